The third-order valence-electron chi connectivity index (χ3n) is 3.82. The lowest BCUT2D eigenvalue weighted by Gasteiger charge is -2.05. The molecule has 0 fully saturated rings. The van der Waals surface area contributed by atoms with E-state index in [0.717, 1.165) is 0 Å². The summed E-state index contributed by atoms with van der Waals surface area (Å²) >= 11 is 0. The van der Waals surface area contributed by atoms with Crippen molar-refractivity contribution in [2.24, 2.45) is 5.10 Å². The van der Waals surface area contributed by atoms with Gasteiger partial charge in [0.1, 0.15) is 5.69 Å². The van der Waals surface area contributed by atoms with Gasteiger partial charge in [0, 0.05) is 11.6 Å². The molecule has 0 atom stereocenters. The van der Waals surface area contributed by atoms with Gasteiger partial charge in [-0.25, -0.2) is 10.4 Å². The van der Waals surface area contributed by atoms with Gasteiger partial charge in [0.25, 0.3) is 5.56 Å². The SMILES string of the molecule is COc1c(/C=N/NC(=O)Cc2nc3ccccc3[nH]c2=O)cccc1[N+](=O)[O-]. The number of nitro benzene ring substituents is 1. The van der Waals surface area contributed by atoms with Crippen LogP contribution in [0.5, 0.6) is 5.75 Å². The number of carbonyl (C=O) groups is 1. The Kier molecular flexibility index (Phi) is 5.40. The number of benzene rings is 2. The molecule has 0 unspecified atom stereocenters. The van der Waals surface area contributed by atoms with Gasteiger partial charge >= 0.3 is 5.69 Å². The summed E-state index contributed by atoms with van der Waals surface area (Å²) in [5.74, 6) is -0.535. The van der Waals surface area contributed by atoms with Crippen LogP contribution in [0.2, 0.25) is 0 Å². The summed E-state index contributed by atoms with van der Waals surface area (Å²) in [5.41, 5.74) is 3.10. The molecule has 28 heavy (non-hydrogen) atoms. The van der Waals surface area contributed by atoms with Gasteiger partial charge in [-0.15, -0.1) is 0 Å². The van der Waals surface area contributed by atoms with Crippen molar-refractivity contribution in [3.05, 3.63) is 74.2 Å². The van der Waals surface area contributed by atoms with E-state index >= 15 is 0 Å². The molecule has 1 amide bonds. The molecule has 10 nitrogen and oxygen atoms in total. The van der Waals surface area contributed by atoms with E-state index in [0.29, 0.717) is 16.6 Å². The van der Waals surface area contributed by atoms with Crippen molar-refractivity contribution in [3.8, 4) is 5.75 Å². The van der Waals surface area contributed by atoms with Gasteiger partial charge in [-0.05, 0) is 18.2 Å². The maximum Gasteiger partial charge on any atom is 0.311 e. The topological polar surface area (TPSA) is 140 Å². The molecule has 1 heterocycles. The van der Waals surface area contributed by atoms with Gasteiger partial charge in [-0.1, -0.05) is 18.2 Å². The highest BCUT2D eigenvalue weighted by Gasteiger charge is 2.17. The summed E-state index contributed by atoms with van der Waals surface area (Å²) in [6.45, 7) is 0. The zero-order valence-electron chi connectivity index (χ0n) is 14.7. The van der Waals surface area contributed by atoms with Gasteiger partial charge in [0.15, 0.2) is 0 Å². The molecule has 0 aliphatic carbocycles. The molecule has 0 aliphatic rings. The molecular formula is C18H15N5O5. The number of H-pyrrole nitrogens is 1. The molecule has 142 valence electrons. The molecule has 0 saturated heterocycles. The van der Waals surface area contributed by atoms with Crippen LogP contribution in [0.15, 0.2) is 52.4 Å². The fourth-order valence-electron chi connectivity index (χ4n) is 2.56. The summed E-state index contributed by atoms with van der Waals surface area (Å²) in [6, 6.07) is 11.3. The van der Waals surface area contributed by atoms with Crippen LogP contribution in [0, 0.1) is 10.1 Å². The zero-order chi connectivity index (χ0) is 20.1. The number of nitro groups is 1. The fraction of sp³-hybridized carbons (Fsp3) is 0.111. The smallest absolute Gasteiger partial charge is 0.311 e. The van der Waals surface area contributed by atoms with Crippen LogP contribution in [0.4, 0.5) is 5.69 Å². The van der Waals surface area contributed by atoms with Crippen molar-refractivity contribution in [2.45, 2.75) is 6.42 Å². The number of hydrogen-bond acceptors (Lipinski definition) is 7. The summed E-state index contributed by atoms with van der Waals surface area (Å²) < 4.78 is 5.05. The van der Waals surface area contributed by atoms with Crippen LogP contribution < -0.4 is 15.7 Å². The fourth-order valence-corrected chi connectivity index (χ4v) is 2.56. The van der Waals surface area contributed by atoms with E-state index in [1.165, 1.54) is 25.5 Å². The first-order chi connectivity index (χ1) is 13.5. The second-order valence-electron chi connectivity index (χ2n) is 5.66. The molecule has 3 aromatic rings. The van der Waals surface area contributed by atoms with E-state index in [1.807, 2.05) is 0 Å². The quantitative estimate of drug-likeness (QED) is 0.377. The molecule has 0 aliphatic heterocycles. The number of nitrogens with one attached hydrogen (secondary N) is 2. The monoisotopic (exact) mass is 381 g/mol. The second kappa shape index (κ2) is 8.08. The van der Waals surface area contributed by atoms with E-state index in [9.17, 15) is 19.7 Å². The number of aromatic nitrogens is 2. The van der Waals surface area contributed by atoms with Crippen LogP contribution in [0.3, 0.4) is 0 Å². The summed E-state index contributed by atoms with van der Waals surface area (Å²) in [4.78, 5) is 41.4. The second-order valence-corrected chi connectivity index (χ2v) is 5.66. The van der Waals surface area contributed by atoms with E-state index < -0.39 is 16.4 Å². The van der Waals surface area contributed by atoms with Crippen LogP contribution in [-0.2, 0) is 11.2 Å². The standard InChI is InChI=1S/C18H15N5O5/c1-28-17-11(5-4-8-15(17)23(26)27)10-19-22-16(24)9-14-18(25)21-13-7-3-2-6-12(13)20-14/h2-8,10H,9H2,1H3,(H,21,25)(H,22,24)/b19-10+. The minimum Gasteiger partial charge on any atom is -0.490 e. The number of ether oxygens (including phenoxy) is 1. The largest absolute Gasteiger partial charge is 0.490 e. The van der Waals surface area contributed by atoms with Crippen molar-refractivity contribution < 1.29 is 14.5 Å². The maximum atomic E-state index is 12.1. The molecule has 0 radical (unpaired) electrons. The molecule has 10 heteroatoms. The summed E-state index contributed by atoms with van der Waals surface area (Å²) in [7, 11) is 1.30. The third-order valence-corrected chi connectivity index (χ3v) is 3.82. The summed E-state index contributed by atoms with van der Waals surface area (Å²) in [5, 5.41) is 14.8. The maximum absolute atomic E-state index is 12.1. The molecule has 0 spiro atoms. The highest BCUT2D eigenvalue weighted by atomic mass is 16.6. The Bertz CT molecular complexity index is 1140. The van der Waals surface area contributed by atoms with Gasteiger partial charge < -0.3 is 9.72 Å². The molecule has 0 saturated carbocycles. The van der Waals surface area contributed by atoms with E-state index in [2.05, 4.69) is 20.5 Å². The number of hydrogen-bond donors (Lipinski definition) is 2. The number of methoxy groups -OCH3 is 1. The number of aromatic amines is 1. The highest BCUT2D eigenvalue weighted by Crippen LogP contribution is 2.29. The number of nitrogens with zero attached hydrogens (tertiary/aromatic N) is 3. The lowest BCUT2D eigenvalue weighted by molar-refractivity contribution is -0.385. The number of carbonyl (C=O) groups excluding carboxylic acids is 1. The van der Waals surface area contributed by atoms with E-state index in [4.69, 9.17) is 4.74 Å². The van der Waals surface area contributed by atoms with Crippen LogP contribution >= 0.6 is 0 Å². The Hall–Kier alpha value is -4.08. The molecular weight excluding hydrogens is 366 g/mol. The average Bonchev–Trinajstić information content (AvgIpc) is 2.68. The van der Waals surface area contributed by atoms with Crippen LogP contribution in [0.1, 0.15) is 11.3 Å². The van der Waals surface area contributed by atoms with Crippen molar-refractivity contribution >= 4 is 28.8 Å². The first-order valence-electron chi connectivity index (χ1n) is 8.11. The predicted octanol–water partition coefficient (Wildman–Crippen LogP) is 1.53. The Balaban J connectivity index is 1.73. The first kappa shape index (κ1) is 18.7. The first-order valence-corrected chi connectivity index (χ1v) is 8.11. The number of rotatable bonds is 6. The van der Waals surface area contributed by atoms with Crippen LogP contribution in [-0.4, -0.2) is 34.1 Å². The Morgan fingerprint density at radius 1 is 1.32 bits per heavy atom. The molecule has 2 aromatic carbocycles. The molecule has 0 bridgehead atoms. The van der Waals surface area contributed by atoms with Crippen molar-refractivity contribution in [1.29, 1.82) is 0 Å². The van der Waals surface area contributed by atoms with Gasteiger partial charge in [-0.2, -0.15) is 5.10 Å². The van der Waals surface area contributed by atoms with Gasteiger partial charge in [-0.3, -0.25) is 19.7 Å². The summed E-state index contributed by atoms with van der Waals surface area (Å²) in [6.07, 6.45) is 0.950. The van der Waals surface area contributed by atoms with Crippen molar-refractivity contribution in [2.75, 3.05) is 7.11 Å². The average molecular weight is 381 g/mol. The van der Waals surface area contributed by atoms with Crippen molar-refractivity contribution in [1.82, 2.24) is 15.4 Å². The van der Waals surface area contributed by atoms with Crippen molar-refractivity contribution in [3.63, 3.8) is 0 Å². The molecule has 3 rings (SSSR count). The van der Waals surface area contributed by atoms with E-state index in [1.54, 1.807) is 30.3 Å². The Morgan fingerprint density at radius 2 is 2.11 bits per heavy atom. The normalized spacial score (nSPS) is 10.9. The van der Waals surface area contributed by atoms with Crippen LogP contribution in [0.25, 0.3) is 11.0 Å². The minimum atomic E-state index is -0.577. The molecule has 1 aromatic heterocycles. The van der Waals surface area contributed by atoms with Gasteiger partial charge in [0.05, 0.1) is 35.7 Å². The third kappa shape index (κ3) is 4.01. The highest BCUT2D eigenvalue weighted by molar-refractivity contribution is 5.87. The lowest BCUT2D eigenvalue weighted by atomic mass is 10.2. The Labute approximate surface area is 158 Å². The number of hydrazone groups is 1. The molecule has 2 N–H and O–H groups in total. The zero-order valence-corrected chi connectivity index (χ0v) is 14.7. The number of fused-ring (bicyclic) bond motifs is 1. The van der Waals surface area contributed by atoms with E-state index in [-0.39, 0.29) is 23.6 Å². The lowest BCUT2D eigenvalue weighted by Crippen LogP contribution is -2.25. The van der Waals surface area contributed by atoms with Gasteiger partial charge in [0.2, 0.25) is 11.7 Å². The number of para-hydroxylation sites is 3. The number of amides is 1. The predicted molar refractivity (Wildman–Crippen MR) is 101 cm³/mol. The minimum absolute atomic E-state index is 0.0261. The Morgan fingerprint density at radius 3 is 2.86 bits per heavy atom.